The molecular formula is C25H27NO4S2. The van der Waals surface area contributed by atoms with Gasteiger partial charge in [0, 0.05) is 18.5 Å². The van der Waals surface area contributed by atoms with Crippen LogP contribution < -0.4 is 14.2 Å². The molecule has 1 amide bonds. The molecule has 0 spiro atoms. The first kappa shape index (κ1) is 23.9. The van der Waals surface area contributed by atoms with Crippen molar-refractivity contribution < 1.29 is 19.0 Å². The van der Waals surface area contributed by atoms with E-state index in [0.29, 0.717) is 46.9 Å². The number of hydrogen-bond donors (Lipinski definition) is 0. The van der Waals surface area contributed by atoms with Gasteiger partial charge in [0.05, 0.1) is 25.2 Å². The van der Waals surface area contributed by atoms with E-state index in [2.05, 4.69) is 26.5 Å². The van der Waals surface area contributed by atoms with Crippen molar-refractivity contribution in [3.63, 3.8) is 0 Å². The Kier molecular flexibility index (Phi) is 8.36. The summed E-state index contributed by atoms with van der Waals surface area (Å²) in [5.74, 6) is 1.93. The van der Waals surface area contributed by atoms with E-state index in [0.717, 1.165) is 11.3 Å². The van der Waals surface area contributed by atoms with Crippen LogP contribution in [0.1, 0.15) is 23.1 Å². The molecule has 5 nitrogen and oxygen atoms in total. The van der Waals surface area contributed by atoms with Crippen molar-refractivity contribution in [2.45, 2.75) is 20.3 Å². The van der Waals surface area contributed by atoms with Crippen LogP contribution in [0.5, 0.6) is 17.2 Å². The zero-order valence-electron chi connectivity index (χ0n) is 18.6. The molecule has 0 saturated carbocycles. The van der Waals surface area contributed by atoms with Crippen LogP contribution in [0.3, 0.4) is 0 Å². The van der Waals surface area contributed by atoms with Gasteiger partial charge in [-0.15, -0.1) is 6.58 Å². The van der Waals surface area contributed by atoms with E-state index in [1.807, 2.05) is 30.3 Å². The number of rotatable bonds is 10. The van der Waals surface area contributed by atoms with Gasteiger partial charge in [-0.3, -0.25) is 9.69 Å². The number of aryl methyl sites for hydroxylation is 2. The third kappa shape index (κ3) is 5.93. The van der Waals surface area contributed by atoms with Crippen LogP contribution in [0, 0.1) is 13.8 Å². The number of hydrogen-bond acceptors (Lipinski definition) is 6. The topological polar surface area (TPSA) is 48.0 Å². The monoisotopic (exact) mass is 469 g/mol. The van der Waals surface area contributed by atoms with Crippen LogP contribution in [0.25, 0.3) is 6.08 Å². The van der Waals surface area contributed by atoms with Crippen molar-refractivity contribution in [1.82, 2.24) is 4.90 Å². The molecule has 1 aliphatic rings. The number of methoxy groups -OCH3 is 1. The third-order valence-electron chi connectivity index (χ3n) is 4.70. The fourth-order valence-corrected chi connectivity index (χ4v) is 4.59. The van der Waals surface area contributed by atoms with Crippen LogP contribution in [0.2, 0.25) is 0 Å². The lowest BCUT2D eigenvalue weighted by Crippen LogP contribution is -2.27. The van der Waals surface area contributed by atoms with Gasteiger partial charge in [-0.1, -0.05) is 48.3 Å². The lowest BCUT2D eigenvalue weighted by Gasteiger charge is -2.14. The summed E-state index contributed by atoms with van der Waals surface area (Å²) < 4.78 is 17.9. The SMILES string of the molecule is C=CCN1C(=O)C(=Cc2cccc(OC)c2OCCCOc2cc(C)cc(C)c2)SC1=S. The molecule has 0 N–H and O–H groups in total. The maximum Gasteiger partial charge on any atom is 0.266 e. The second-order valence-corrected chi connectivity index (χ2v) is 9.01. The van der Waals surface area contributed by atoms with E-state index in [4.69, 9.17) is 26.4 Å². The maximum atomic E-state index is 12.7. The minimum absolute atomic E-state index is 0.129. The molecule has 1 saturated heterocycles. The Hall–Kier alpha value is -2.77. The average Bonchev–Trinajstić information content (AvgIpc) is 3.01. The number of ether oxygens (including phenoxy) is 3. The van der Waals surface area contributed by atoms with Crippen molar-refractivity contribution >= 4 is 40.3 Å². The molecule has 1 fully saturated rings. The first-order chi connectivity index (χ1) is 15.4. The lowest BCUT2D eigenvalue weighted by molar-refractivity contribution is -0.121. The molecule has 32 heavy (non-hydrogen) atoms. The highest BCUT2D eigenvalue weighted by Gasteiger charge is 2.31. The van der Waals surface area contributed by atoms with Crippen molar-refractivity contribution in [2.75, 3.05) is 26.9 Å². The zero-order valence-corrected chi connectivity index (χ0v) is 20.2. The second kappa shape index (κ2) is 11.2. The largest absolute Gasteiger partial charge is 0.493 e. The van der Waals surface area contributed by atoms with Crippen LogP contribution in [-0.4, -0.2) is 42.0 Å². The van der Waals surface area contributed by atoms with Gasteiger partial charge in [0.1, 0.15) is 10.1 Å². The number of benzene rings is 2. The Balaban J connectivity index is 1.67. The standard InChI is InChI=1S/C25H27NO4S2/c1-5-10-26-24(27)22(32-25(26)31)16-19-8-6-9-21(28-4)23(19)30-12-7-11-29-20-14-17(2)13-18(3)15-20/h5-6,8-9,13-16H,1,7,10-12H2,2-4H3. The molecule has 0 bridgehead atoms. The minimum atomic E-state index is -0.129. The average molecular weight is 470 g/mol. The van der Waals surface area contributed by atoms with E-state index in [1.165, 1.54) is 27.8 Å². The number of thiocarbonyl (C=S) groups is 1. The molecule has 7 heteroatoms. The Morgan fingerprint density at radius 1 is 1.12 bits per heavy atom. The van der Waals surface area contributed by atoms with Gasteiger partial charge in [-0.25, -0.2) is 0 Å². The molecule has 0 unspecified atom stereocenters. The predicted octanol–water partition coefficient (Wildman–Crippen LogP) is 5.55. The molecule has 3 rings (SSSR count). The summed E-state index contributed by atoms with van der Waals surface area (Å²) in [5, 5.41) is 0. The van der Waals surface area contributed by atoms with Gasteiger partial charge in [-0.05, 0) is 49.2 Å². The predicted molar refractivity (Wildman–Crippen MR) is 135 cm³/mol. The first-order valence-electron chi connectivity index (χ1n) is 10.3. The van der Waals surface area contributed by atoms with Crippen LogP contribution in [0.15, 0.2) is 54.0 Å². The second-order valence-electron chi connectivity index (χ2n) is 7.33. The molecule has 0 aromatic heterocycles. The van der Waals surface area contributed by atoms with E-state index in [1.54, 1.807) is 19.3 Å². The van der Waals surface area contributed by atoms with Gasteiger partial charge in [0.25, 0.3) is 5.91 Å². The van der Waals surface area contributed by atoms with Crippen molar-refractivity contribution in [3.05, 3.63) is 70.6 Å². The van der Waals surface area contributed by atoms with Gasteiger partial charge in [0.2, 0.25) is 0 Å². The summed E-state index contributed by atoms with van der Waals surface area (Å²) in [6.07, 6.45) is 4.16. The van der Waals surface area contributed by atoms with Gasteiger partial charge in [-0.2, -0.15) is 0 Å². The smallest absolute Gasteiger partial charge is 0.266 e. The summed E-state index contributed by atoms with van der Waals surface area (Å²) >= 11 is 6.60. The lowest BCUT2D eigenvalue weighted by atomic mass is 10.1. The van der Waals surface area contributed by atoms with Crippen LogP contribution in [-0.2, 0) is 4.79 Å². The highest BCUT2D eigenvalue weighted by molar-refractivity contribution is 8.26. The minimum Gasteiger partial charge on any atom is -0.493 e. The van der Waals surface area contributed by atoms with Crippen molar-refractivity contribution in [3.8, 4) is 17.2 Å². The normalized spacial score (nSPS) is 14.7. The number of para-hydroxylation sites is 1. The number of thioether (sulfide) groups is 1. The molecule has 2 aromatic carbocycles. The third-order valence-corrected chi connectivity index (χ3v) is 6.08. The Morgan fingerprint density at radius 2 is 1.84 bits per heavy atom. The summed E-state index contributed by atoms with van der Waals surface area (Å²) in [6.45, 7) is 9.17. The number of amides is 1. The maximum absolute atomic E-state index is 12.7. The van der Waals surface area contributed by atoms with Crippen molar-refractivity contribution in [1.29, 1.82) is 0 Å². The number of nitrogens with zero attached hydrogens (tertiary/aromatic N) is 1. The van der Waals surface area contributed by atoms with E-state index in [9.17, 15) is 4.79 Å². The molecular weight excluding hydrogens is 442 g/mol. The van der Waals surface area contributed by atoms with Crippen LogP contribution in [0.4, 0.5) is 0 Å². The number of carbonyl (C=O) groups is 1. The zero-order chi connectivity index (χ0) is 23.1. The summed E-state index contributed by atoms with van der Waals surface area (Å²) in [6, 6.07) is 11.8. The van der Waals surface area contributed by atoms with Gasteiger partial charge >= 0.3 is 0 Å². The Labute approximate surface area is 199 Å². The van der Waals surface area contributed by atoms with Crippen molar-refractivity contribution in [2.24, 2.45) is 0 Å². The van der Waals surface area contributed by atoms with Gasteiger partial charge in [0.15, 0.2) is 11.5 Å². The summed E-state index contributed by atoms with van der Waals surface area (Å²) in [7, 11) is 1.60. The Bertz CT molecular complexity index is 1030. The quantitative estimate of drug-likeness (QED) is 0.197. The first-order valence-corrected chi connectivity index (χ1v) is 11.5. The summed E-state index contributed by atoms with van der Waals surface area (Å²) in [4.78, 5) is 14.8. The number of carbonyl (C=O) groups excluding carboxylic acids is 1. The molecule has 0 aliphatic carbocycles. The van der Waals surface area contributed by atoms with E-state index >= 15 is 0 Å². The molecule has 1 heterocycles. The fourth-order valence-electron chi connectivity index (χ4n) is 3.33. The highest BCUT2D eigenvalue weighted by Crippen LogP contribution is 2.37. The molecule has 168 valence electrons. The molecule has 2 aromatic rings. The fraction of sp³-hybridized carbons (Fsp3) is 0.280. The highest BCUT2D eigenvalue weighted by atomic mass is 32.2. The Morgan fingerprint density at radius 3 is 2.53 bits per heavy atom. The van der Waals surface area contributed by atoms with Gasteiger partial charge < -0.3 is 14.2 Å². The van der Waals surface area contributed by atoms with E-state index < -0.39 is 0 Å². The van der Waals surface area contributed by atoms with Crippen LogP contribution >= 0.6 is 24.0 Å². The molecule has 0 atom stereocenters. The summed E-state index contributed by atoms with van der Waals surface area (Å²) in [5.41, 5.74) is 3.11. The van der Waals surface area contributed by atoms with E-state index in [-0.39, 0.29) is 5.91 Å². The molecule has 1 aliphatic heterocycles. The molecule has 0 radical (unpaired) electrons.